The zero-order valence-corrected chi connectivity index (χ0v) is 15.9. The molecule has 2 aromatic carbocycles. The summed E-state index contributed by atoms with van der Waals surface area (Å²) in [5, 5.41) is 3.52. The second-order valence-electron chi connectivity index (χ2n) is 5.88. The van der Waals surface area contributed by atoms with Gasteiger partial charge in [-0.25, -0.2) is 4.98 Å². The second kappa shape index (κ2) is 8.99. The van der Waals surface area contributed by atoms with Crippen LogP contribution in [0.1, 0.15) is 22.9 Å². The molecule has 0 saturated heterocycles. The van der Waals surface area contributed by atoms with E-state index in [1.807, 2.05) is 6.20 Å². The predicted octanol–water partition coefficient (Wildman–Crippen LogP) is 5.43. The molecule has 0 aliphatic rings. The molecule has 5 heteroatoms. The third-order valence-corrected chi connectivity index (χ3v) is 5.20. The van der Waals surface area contributed by atoms with E-state index in [1.165, 1.54) is 28.2 Å². The number of hydrogen-bond acceptors (Lipinski definition) is 4. The standard InChI is InChI=1S/C20H22ClN3S/c1-2-24(14-16-8-4-3-5-9-16)15-17-10-6-7-11-19(17)22-12-18-13-23-20(21)25-18/h3-11,13,22H,2,12,14-15H2,1H3. The lowest BCUT2D eigenvalue weighted by Crippen LogP contribution is -2.22. The van der Waals surface area contributed by atoms with Gasteiger partial charge >= 0.3 is 0 Å². The van der Waals surface area contributed by atoms with Gasteiger partial charge in [-0.2, -0.15) is 0 Å². The quantitative estimate of drug-likeness (QED) is 0.572. The predicted molar refractivity (Wildman–Crippen MR) is 107 cm³/mol. The molecule has 0 fully saturated rings. The molecule has 0 amide bonds. The fourth-order valence-electron chi connectivity index (χ4n) is 2.74. The molecule has 0 spiro atoms. The molecule has 3 aromatic rings. The summed E-state index contributed by atoms with van der Waals surface area (Å²) in [7, 11) is 0. The summed E-state index contributed by atoms with van der Waals surface area (Å²) in [6.07, 6.45) is 1.83. The van der Waals surface area contributed by atoms with Gasteiger partial charge in [0.15, 0.2) is 4.47 Å². The first-order chi connectivity index (χ1) is 12.2. The van der Waals surface area contributed by atoms with Crippen LogP contribution in [0.3, 0.4) is 0 Å². The topological polar surface area (TPSA) is 28.2 Å². The van der Waals surface area contributed by atoms with Gasteiger partial charge in [-0.15, -0.1) is 11.3 Å². The minimum Gasteiger partial charge on any atom is -0.380 e. The molecule has 0 aliphatic heterocycles. The van der Waals surface area contributed by atoms with Crippen molar-refractivity contribution in [3.63, 3.8) is 0 Å². The monoisotopic (exact) mass is 371 g/mol. The van der Waals surface area contributed by atoms with E-state index in [0.29, 0.717) is 4.47 Å². The zero-order chi connectivity index (χ0) is 17.5. The number of thiazole rings is 1. The van der Waals surface area contributed by atoms with Crippen LogP contribution >= 0.6 is 22.9 Å². The number of rotatable bonds is 8. The first-order valence-electron chi connectivity index (χ1n) is 8.43. The van der Waals surface area contributed by atoms with Crippen LogP contribution < -0.4 is 5.32 Å². The number of nitrogens with one attached hydrogen (secondary N) is 1. The molecule has 3 rings (SSSR count). The normalized spacial score (nSPS) is 11.0. The molecular formula is C20H22ClN3S. The van der Waals surface area contributed by atoms with Crippen molar-refractivity contribution in [1.29, 1.82) is 0 Å². The highest BCUT2D eigenvalue weighted by Gasteiger charge is 2.09. The average molecular weight is 372 g/mol. The number of hydrogen-bond donors (Lipinski definition) is 1. The van der Waals surface area contributed by atoms with Gasteiger partial charge in [-0.05, 0) is 23.7 Å². The van der Waals surface area contributed by atoms with Gasteiger partial charge in [0.25, 0.3) is 0 Å². The Morgan fingerprint density at radius 2 is 1.80 bits per heavy atom. The lowest BCUT2D eigenvalue weighted by Gasteiger charge is -2.22. The third-order valence-electron chi connectivity index (χ3n) is 4.09. The van der Waals surface area contributed by atoms with Gasteiger partial charge in [0, 0.05) is 29.9 Å². The molecule has 0 radical (unpaired) electrons. The van der Waals surface area contributed by atoms with Gasteiger partial charge in [-0.3, -0.25) is 4.90 Å². The molecule has 1 aromatic heterocycles. The third kappa shape index (κ3) is 5.30. The van der Waals surface area contributed by atoms with Gasteiger partial charge in [-0.1, -0.05) is 67.1 Å². The highest BCUT2D eigenvalue weighted by Crippen LogP contribution is 2.22. The summed E-state index contributed by atoms with van der Waals surface area (Å²) < 4.78 is 0.588. The summed E-state index contributed by atoms with van der Waals surface area (Å²) in [4.78, 5) is 7.67. The largest absolute Gasteiger partial charge is 0.380 e. The molecule has 0 atom stereocenters. The van der Waals surface area contributed by atoms with Crippen LogP contribution in [0, 0.1) is 0 Å². The molecular weight excluding hydrogens is 350 g/mol. The Kier molecular flexibility index (Phi) is 6.45. The van der Waals surface area contributed by atoms with Crippen molar-refractivity contribution >= 4 is 28.6 Å². The van der Waals surface area contributed by atoms with Crippen LogP contribution in [0.5, 0.6) is 0 Å². The van der Waals surface area contributed by atoms with E-state index >= 15 is 0 Å². The maximum Gasteiger partial charge on any atom is 0.183 e. The molecule has 25 heavy (non-hydrogen) atoms. The Balaban J connectivity index is 1.66. The Bertz CT molecular complexity index is 788. The highest BCUT2D eigenvalue weighted by atomic mass is 35.5. The van der Waals surface area contributed by atoms with E-state index in [1.54, 1.807) is 0 Å². The molecule has 130 valence electrons. The van der Waals surface area contributed by atoms with Crippen molar-refractivity contribution in [3.8, 4) is 0 Å². The van der Waals surface area contributed by atoms with Crippen LogP contribution in [0.4, 0.5) is 5.69 Å². The number of anilines is 1. The van der Waals surface area contributed by atoms with Crippen LogP contribution in [0.15, 0.2) is 60.8 Å². The molecule has 0 bridgehead atoms. The van der Waals surface area contributed by atoms with Crippen LogP contribution in [-0.4, -0.2) is 16.4 Å². The molecule has 0 saturated carbocycles. The second-order valence-corrected chi connectivity index (χ2v) is 7.58. The van der Waals surface area contributed by atoms with Crippen molar-refractivity contribution in [2.45, 2.75) is 26.6 Å². The fourth-order valence-corrected chi connectivity index (χ4v) is 3.66. The highest BCUT2D eigenvalue weighted by molar-refractivity contribution is 7.15. The SMILES string of the molecule is CCN(Cc1ccccc1)Cc1ccccc1NCc1cnc(Cl)s1. The number of aromatic nitrogens is 1. The van der Waals surface area contributed by atoms with Gasteiger partial charge in [0.1, 0.15) is 0 Å². The lowest BCUT2D eigenvalue weighted by atomic mass is 10.1. The lowest BCUT2D eigenvalue weighted by molar-refractivity contribution is 0.272. The summed E-state index contributed by atoms with van der Waals surface area (Å²) in [6, 6.07) is 19.1. The minimum atomic E-state index is 0.588. The van der Waals surface area contributed by atoms with Gasteiger partial charge < -0.3 is 5.32 Å². The molecule has 1 N–H and O–H groups in total. The average Bonchev–Trinajstić information content (AvgIpc) is 3.06. The van der Waals surface area contributed by atoms with Crippen molar-refractivity contribution < 1.29 is 0 Å². The van der Waals surface area contributed by atoms with E-state index in [4.69, 9.17) is 11.6 Å². The number of halogens is 1. The van der Waals surface area contributed by atoms with E-state index in [-0.39, 0.29) is 0 Å². The number of nitrogens with zero attached hydrogens (tertiary/aromatic N) is 2. The van der Waals surface area contributed by atoms with E-state index < -0.39 is 0 Å². The smallest absolute Gasteiger partial charge is 0.183 e. The van der Waals surface area contributed by atoms with Crippen molar-refractivity contribution in [3.05, 3.63) is 81.3 Å². The Labute approximate surface area is 158 Å². The van der Waals surface area contributed by atoms with E-state index in [9.17, 15) is 0 Å². The summed E-state index contributed by atoms with van der Waals surface area (Å²) in [5.74, 6) is 0. The Morgan fingerprint density at radius 3 is 2.52 bits per heavy atom. The van der Waals surface area contributed by atoms with Gasteiger partial charge in [0.2, 0.25) is 0 Å². The van der Waals surface area contributed by atoms with Crippen LogP contribution in [-0.2, 0) is 19.6 Å². The first-order valence-corrected chi connectivity index (χ1v) is 9.62. The maximum atomic E-state index is 5.91. The Hall–Kier alpha value is -1.88. The summed E-state index contributed by atoms with van der Waals surface area (Å²) in [6.45, 7) is 5.83. The maximum absolute atomic E-state index is 5.91. The molecule has 1 heterocycles. The van der Waals surface area contributed by atoms with E-state index in [2.05, 4.69) is 76.7 Å². The van der Waals surface area contributed by atoms with Gasteiger partial charge in [0.05, 0.1) is 6.54 Å². The van der Waals surface area contributed by atoms with E-state index in [0.717, 1.165) is 31.1 Å². The minimum absolute atomic E-state index is 0.588. The van der Waals surface area contributed by atoms with Crippen LogP contribution in [0.2, 0.25) is 4.47 Å². The number of para-hydroxylation sites is 1. The van der Waals surface area contributed by atoms with Crippen molar-refractivity contribution in [2.24, 2.45) is 0 Å². The Morgan fingerprint density at radius 1 is 1.04 bits per heavy atom. The first kappa shape index (κ1) is 17.9. The molecule has 0 aliphatic carbocycles. The van der Waals surface area contributed by atoms with Crippen LogP contribution in [0.25, 0.3) is 0 Å². The van der Waals surface area contributed by atoms with Crippen molar-refractivity contribution in [1.82, 2.24) is 9.88 Å². The summed E-state index contributed by atoms with van der Waals surface area (Å²) in [5.41, 5.74) is 3.81. The molecule has 0 unspecified atom stereocenters. The molecule has 3 nitrogen and oxygen atoms in total. The fraction of sp³-hybridized carbons (Fsp3) is 0.250. The summed E-state index contributed by atoms with van der Waals surface area (Å²) >= 11 is 7.43. The van der Waals surface area contributed by atoms with Crippen molar-refractivity contribution in [2.75, 3.05) is 11.9 Å². The zero-order valence-electron chi connectivity index (χ0n) is 14.3. The number of benzene rings is 2.